The standard InChI is InChI=1S/C17H21N3O4S/c1-12(21)24-20-16(23)11-5-3-2-4-10-15(22)19-17-18-13-8-6-7-9-14(13)25-17/h6-9H,2-5,10-11H2,1H3,(H,20,23)(H,18,19,22). The Labute approximate surface area is 149 Å². The summed E-state index contributed by atoms with van der Waals surface area (Å²) in [6, 6.07) is 7.75. The molecule has 0 bridgehead atoms. The molecule has 0 aliphatic heterocycles. The Morgan fingerprint density at radius 1 is 1.04 bits per heavy atom. The predicted octanol–water partition coefficient (Wildman–Crippen LogP) is 3.17. The predicted molar refractivity (Wildman–Crippen MR) is 95.9 cm³/mol. The maximum atomic E-state index is 11.9. The molecule has 8 heteroatoms. The average Bonchev–Trinajstić information content (AvgIpc) is 2.98. The fraction of sp³-hybridized carbons (Fsp3) is 0.412. The third kappa shape index (κ3) is 6.88. The van der Waals surface area contributed by atoms with E-state index in [4.69, 9.17) is 0 Å². The van der Waals surface area contributed by atoms with Crippen LogP contribution in [0.2, 0.25) is 0 Å². The number of para-hydroxylation sites is 1. The van der Waals surface area contributed by atoms with Crippen LogP contribution in [0, 0.1) is 0 Å². The third-order valence-electron chi connectivity index (χ3n) is 3.41. The van der Waals surface area contributed by atoms with E-state index >= 15 is 0 Å². The van der Waals surface area contributed by atoms with E-state index in [1.807, 2.05) is 24.3 Å². The number of amides is 2. The van der Waals surface area contributed by atoms with E-state index in [1.54, 1.807) is 0 Å². The first-order valence-corrected chi connectivity index (χ1v) is 8.98. The van der Waals surface area contributed by atoms with Gasteiger partial charge in [-0.1, -0.05) is 36.3 Å². The zero-order chi connectivity index (χ0) is 18.1. The zero-order valence-corrected chi connectivity index (χ0v) is 14.9. The lowest BCUT2D eigenvalue weighted by molar-refractivity contribution is -0.156. The topological polar surface area (TPSA) is 97.4 Å². The normalized spacial score (nSPS) is 10.4. The number of carbonyl (C=O) groups excluding carboxylic acids is 3. The Balaban J connectivity index is 1.56. The molecular weight excluding hydrogens is 342 g/mol. The molecule has 2 amide bonds. The number of fused-ring (bicyclic) bond motifs is 1. The highest BCUT2D eigenvalue weighted by Gasteiger charge is 2.07. The number of benzene rings is 1. The van der Waals surface area contributed by atoms with Gasteiger partial charge in [0, 0.05) is 19.8 Å². The monoisotopic (exact) mass is 363 g/mol. The van der Waals surface area contributed by atoms with Crippen LogP contribution < -0.4 is 10.8 Å². The van der Waals surface area contributed by atoms with Gasteiger partial charge < -0.3 is 10.2 Å². The lowest BCUT2D eigenvalue weighted by Gasteiger charge is -2.04. The molecule has 7 nitrogen and oxygen atoms in total. The molecular formula is C17H21N3O4S. The fourth-order valence-corrected chi connectivity index (χ4v) is 3.09. The van der Waals surface area contributed by atoms with Gasteiger partial charge in [-0.05, 0) is 25.0 Å². The second kappa shape index (κ2) is 9.73. The van der Waals surface area contributed by atoms with Crippen LogP contribution in [0.3, 0.4) is 0 Å². The lowest BCUT2D eigenvalue weighted by Crippen LogP contribution is -2.25. The summed E-state index contributed by atoms with van der Waals surface area (Å²) in [6.45, 7) is 1.22. The van der Waals surface area contributed by atoms with Gasteiger partial charge >= 0.3 is 5.97 Å². The van der Waals surface area contributed by atoms with E-state index in [0.29, 0.717) is 24.4 Å². The maximum Gasteiger partial charge on any atom is 0.329 e. The molecule has 0 saturated carbocycles. The van der Waals surface area contributed by atoms with Gasteiger partial charge in [0.1, 0.15) is 0 Å². The van der Waals surface area contributed by atoms with Crippen molar-refractivity contribution in [1.29, 1.82) is 0 Å². The van der Waals surface area contributed by atoms with Crippen LogP contribution in [0.4, 0.5) is 5.13 Å². The summed E-state index contributed by atoms with van der Waals surface area (Å²) in [5.41, 5.74) is 2.96. The first-order chi connectivity index (χ1) is 12.0. The van der Waals surface area contributed by atoms with Crippen molar-refractivity contribution in [3.8, 4) is 0 Å². The zero-order valence-electron chi connectivity index (χ0n) is 14.0. The lowest BCUT2D eigenvalue weighted by atomic mass is 10.1. The summed E-state index contributed by atoms with van der Waals surface area (Å²) >= 11 is 1.46. The van der Waals surface area contributed by atoms with Crippen LogP contribution >= 0.6 is 11.3 Å². The van der Waals surface area contributed by atoms with Gasteiger partial charge in [0.2, 0.25) is 5.91 Å². The van der Waals surface area contributed by atoms with E-state index in [9.17, 15) is 14.4 Å². The summed E-state index contributed by atoms with van der Waals surface area (Å²) in [7, 11) is 0. The average molecular weight is 363 g/mol. The van der Waals surface area contributed by atoms with Crippen molar-refractivity contribution in [3.05, 3.63) is 24.3 Å². The smallest absolute Gasteiger partial charge is 0.329 e. The molecule has 0 aliphatic carbocycles. The van der Waals surface area contributed by atoms with Crippen LogP contribution in [0.15, 0.2) is 24.3 Å². The molecule has 2 N–H and O–H groups in total. The highest BCUT2D eigenvalue weighted by atomic mass is 32.1. The number of thiazole rings is 1. The number of hydroxylamine groups is 1. The Bertz CT molecular complexity index is 711. The Hall–Kier alpha value is -2.48. The number of aromatic nitrogens is 1. The van der Waals surface area contributed by atoms with Gasteiger partial charge in [0.25, 0.3) is 5.91 Å². The third-order valence-corrected chi connectivity index (χ3v) is 4.36. The number of rotatable bonds is 8. The van der Waals surface area contributed by atoms with Crippen LogP contribution in [0.25, 0.3) is 10.2 Å². The van der Waals surface area contributed by atoms with Crippen LogP contribution in [-0.4, -0.2) is 22.8 Å². The molecule has 1 heterocycles. The van der Waals surface area contributed by atoms with Crippen LogP contribution in [-0.2, 0) is 19.2 Å². The molecule has 0 spiro atoms. The summed E-state index contributed by atoms with van der Waals surface area (Å²) < 4.78 is 1.05. The van der Waals surface area contributed by atoms with Gasteiger partial charge in [-0.3, -0.25) is 14.4 Å². The van der Waals surface area contributed by atoms with Gasteiger partial charge in [-0.15, -0.1) is 0 Å². The fourth-order valence-electron chi connectivity index (χ4n) is 2.21. The SMILES string of the molecule is CC(=O)ONC(=O)CCCCCCC(=O)Nc1nc2ccccc2s1. The number of hydrogen-bond donors (Lipinski definition) is 2. The molecule has 2 aromatic rings. The van der Waals surface area contributed by atoms with E-state index in [-0.39, 0.29) is 11.8 Å². The Morgan fingerprint density at radius 3 is 2.40 bits per heavy atom. The van der Waals surface area contributed by atoms with Gasteiger partial charge in [0.15, 0.2) is 5.13 Å². The molecule has 134 valence electrons. The second-order valence-electron chi connectivity index (χ2n) is 5.57. The molecule has 1 aromatic carbocycles. The summed E-state index contributed by atoms with van der Waals surface area (Å²) in [5.74, 6) is -0.914. The van der Waals surface area contributed by atoms with E-state index in [1.165, 1.54) is 18.3 Å². The summed E-state index contributed by atoms with van der Waals surface area (Å²) in [5, 5.41) is 3.44. The highest BCUT2D eigenvalue weighted by Crippen LogP contribution is 2.25. The molecule has 1 aromatic heterocycles. The van der Waals surface area contributed by atoms with Gasteiger partial charge in [-0.25, -0.2) is 4.98 Å². The highest BCUT2D eigenvalue weighted by molar-refractivity contribution is 7.22. The molecule has 2 rings (SSSR count). The maximum absolute atomic E-state index is 11.9. The van der Waals surface area contributed by atoms with Crippen molar-refractivity contribution in [2.24, 2.45) is 0 Å². The minimum absolute atomic E-state index is 0.0494. The number of nitrogens with one attached hydrogen (secondary N) is 2. The Kier molecular flexibility index (Phi) is 7.34. The minimum atomic E-state index is -0.549. The molecule has 25 heavy (non-hydrogen) atoms. The van der Waals surface area contributed by atoms with Gasteiger partial charge in [0.05, 0.1) is 10.2 Å². The van der Waals surface area contributed by atoms with Crippen molar-refractivity contribution >= 4 is 44.5 Å². The van der Waals surface area contributed by atoms with E-state index in [0.717, 1.165) is 29.5 Å². The second-order valence-corrected chi connectivity index (χ2v) is 6.60. The molecule has 0 unspecified atom stereocenters. The first-order valence-electron chi connectivity index (χ1n) is 8.16. The van der Waals surface area contributed by atoms with Crippen molar-refractivity contribution in [2.75, 3.05) is 5.32 Å². The van der Waals surface area contributed by atoms with Crippen LogP contribution in [0.5, 0.6) is 0 Å². The van der Waals surface area contributed by atoms with Crippen molar-refractivity contribution in [3.63, 3.8) is 0 Å². The minimum Gasteiger partial charge on any atom is -0.341 e. The molecule has 0 saturated heterocycles. The van der Waals surface area contributed by atoms with Crippen LogP contribution in [0.1, 0.15) is 45.4 Å². The summed E-state index contributed by atoms with van der Waals surface area (Å²) in [6.07, 6.45) is 3.85. The number of anilines is 1. The largest absolute Gasteiger partial charge is 0.341 e. The van der Waals surface area contributed by atoms with Crippen molar-refractivity contribution < 1.29 is 19.2 Å². The summed E-state index contributed by atoms with van der Waals surface area (Å²) in [4.78, 5) is 42.5. The number of nitrogens with zero attached hydrogens (tertiary/aromatic N) is 1. The Morgan fingerprint density at radius 2 is 1.72 bits per heavy atom. The number of carbonyl (C=O) groups is 3. The number of unbranched alkanes of at least 4 members (excludes halogenated alkanes) is 3. The van der Waals surface area contributed by atoms with E-state index in [2.05, 4.69) is 20.6 Å². The molecule has 0 aliphatic rings. The first kappa shape index (κ1) is 18.9. The molecule has 0 radical (unpaired) electrons. The van der Waals surface area contributed by atoms with Crippen molar-refractivity contribution in [2.45, 2.75) is 45.4 Å². The van der Waals surface area contributed by atoms with Crippen molar-refractivity contribution in [1.82, 2.24) is 10.5 Å². The molecule has 0 atom stereocenters. The number of hydrogen-bond acceptors (Lipinski definition) is 6. The van der Waals surface area contributed by atoms with E-state index < -0.39 is 5.97 Å². The van der Waals surface area contributed by atoms with Gasteiger partial charge in [-0.2, -0.15) is 5.48 Å². The molecule has 0 fully saturated rings. The quantitative estimate of drug-likeness (QED) is 0.554.